The van der Waals surface area contributed by atoms with Gasteiger partial charge in [-0.2, -0.15) is 4.57 Å². The molecule has 0 unspecified atom stereocenters. The Balaban J connectivity index is 2.44. The zero-order valence-electron chi connectivity index (χ0n) is 8.68. The number of aliphatic hydroxyl groups is 1. The van der Waals surface area contributed by atoms with Crippen molar-refractivity contribution in [2.45, 2.75) is 13.5 Å². The summed E-state index contributed by atoms with van der Waals surface area (Å²) in [4.78, 5) is 0. The first kappa shape index (κ1) is 10.3. The Morgan fingerprint density at radius 3 is 2.67 bits per heavy atom. The van der Waals surface area contributed by atoms with E-state index < -0.39 is 0 Å². The normalized spacial score (nSPS) is 10.5. The fourth-order valence-corrected chi connectivity index (χ4v) is 2.51. The molecule has 2 aromatic rings. The molecule has 0 saturated heterocycles. The zero-order chi connectivity index (χ0) is 10.7. The van der Waals surface area contributed by atoms with Gasteiger partial charge in [0.15, 0.2) is 6.54 Å². The van der Waals surface area contributed by atoms with Gasteiger partial charge in [0.05, 0.1) is 5.38 Å². The number of aliphatic hydroxyl groups excluding tert-OH is 1. The third kappa shape index (κ3) is 2.08. The number of rotatable bonds is 3. The summed E-state index contributed by atoms with van der Waals surface area (Å²) in [6, 6.07) is 10.3. The summed E-state index contributed by atoms with van der Waals surface area (Å²) in [6.45, 7) is 2.93. The average Bonchev–Trinajstić information content (AvgIpc) is 2.63. The molecule has 0 aliphatic rings. The van der Waals surface area contributed by atoms with Crippen LogP contribution in [0.3, 0.4) is 0 Å². The van der Waals surface area contributed by atoms with Gasteiger partial charge in [-0.05, 0) is 12.1 Å². The SMILES string of the molecule is Cc1scc(-c2ccccc2)[n+]1CCO. The average molecular weight is 220 g/mol. The highest BCUT2D eigenvalue weighted by atomic mass is 32.1. The Kier molecular flexibility index (Phi) is 3.14. The van der Waals surface area contributed by atoms with E-state index in [-0.39, 0.29) is 6.61 Å². The fourth-order valence-electron chi connectivity index (χ4n) is 1.65. The van der Waals surface area contributed by atoms with Gasteiger partial charge in [-0.25, -0.2) is 0 Å². The second kappa shape index (κ2) is 4.55. The Morgan fingerprint density at radius 1 is 1.27 bits per heavy atom. The van der Waals surface area contributed by atoms with Crippen LogP contribution in [-0.2, 0) is 6.54 Å². The van der Waals surface area contributed by atoms with Crippen LogP contribution in [0.1, 0.15) is 5.01 Å². The van der Waals surface area contributed by atoms with Gasteiger partial charge in [0.25, 0.3) is 0 Å². The molecule has 0 spiro atoms. The van der Waals surface area contributed by atoms with E-state index in [1.165, 1.54) is 16.3 Å². The molecule has 0 radical (unpaired) electrons. The number of aryl methyl sites for hydroxylation is 1. The van der Waals surface area contributed by atoms with Gasteiger partial charge in [0.1, 0.15) is 6.61 Å². The van der Waals surface area contributed by atoms with Crippen LogP contribution in [0.4, 0.5) is 0 Å². The molecule has 15 heavy (non-hydrogen) atoms. The summed E-state index contributed by atoms with van der Waals surface area (Å²) in [5.41, 5.74) is 2.39. The fraction of sp³-hybridized carbons (Fsp3) is 0.250. The summed E-state index contributed by atoms with van der Waals surface area (Å²) >= 11 is 1.72. The third-order valence-electron chi connectivity index (χ3n) is 2.41. The Bertz CT molecular complexity index is 436. The van der Waals surface area contributed by atoms with Gasteiger partial charge in [-0.3, -0.25) is 0 Å². The van der Waals surface area contributed by atoms with Crippen LogP contribution in [0.2, 0.25) is 0 Å². The highest BCUT2D eigenvalue weighted by Gasteiger charge is 2.17. The van der Waals surface area contributed by atoms with Crippen molar-refractivity contribution < 1.29 is 9.67 Å². The molecule has 2 rings (SSSR count). The van der Waals surface area contributed by atoms with Crippen LogP contribution in [-0.4, -0.2) is 11.7 Å². The molecule has 2 nitrogen and oxygen atoms in total. The van der Waals surface area contributed by atoms with E-state index in [1.54, 1.807) is 11.3 Å². The molecule has 1 N–H and O–H groups in total. The van der Waals surface area contributed by atoms with Crippen LogP contribution >= 0.6 is 11.3 Å². The number of benzene rings is 1. The molecule has 0 bridgehead atoms. The molecular formula is C12H14NOS+. The molecule has 0 fully saturated rings. The van der Waals surface area contributed by atoms with Gasteiger partial charge in [-0.15, -0.1) is 0 Å². The largest absolute Gasteiger partial charge is 0.390 e. The molecular weight excluding hydrogens is 206 g/mol. The molecule has 0 saturated carbocycles. The van der Waals surface area contributed by atoms with E-state index in [1.807, 2.05) is 18.2 Å². The Hall–Kier alpha value is -1.19. The molecule has 0 amide bonds. The van der Waals surface area contributed by atoms with Crippen LogP contribution in [0, 0.1) is 6.92 Å². The summed E-state index contributed by atoms with van der Waals surface area (Å²) in [7, 11) is 0. The van der Waals surface area contributed by atoms with E-state index in [4.69, 9.17) is 5.11 Å². The Morgan fingerprint density at radius 2 is 2.00 bits per heavy atom. The maximum absolute atomic E-state index is 9.02. The smallest absolute Gasteiger partial charge is 0.234 e. The van der Waals surface area contributed by atoms with E-state index in [0.717, 1.165) is 0 Å². The van der Waals surface area contributed by atoms with Gasteiger partial charge in [0.2, 0.25) is 10.7 Å². The monoisotopic (exact) mass is 220 g/mol. The quantitative estimate of drug-likeness (QED) is 0.786. The molecule has 3 heteroatoms. The first-order valence-corrected chi connectivity index (χ1v) is 5.85. The molecule has 1 aromatic carbocycles. The zero-order valence-corrected chi connectivity index (χ0v) is 9.50. The van der Waals surface area contributed by atoms with Gasteiger partial charge < -0.3 is 5.11 Å². The molecule has 1 aromatic heterocycles. The highest BCUT2D eigenvalue weighted by molar-refractivity contribution is 7.09. The lowest BCUT2D eigenvalue weighted by Gasteiger charge is -1.98. The number of thiazole rings is 1. The second-order valence-electron chi connectivity index (χ2n) is 3.38. The van der Waals surface area contributed by atoms with Crippen molar-refractivity contribution in [3.63, 3.8) is 0 Å². The first-order valence-electron chi connectivity index (χ1n) is 4.97. The van der Waals surface area contributed by atoms with Crippen molar-refractivity contribution in [2.24, 2.45) is 0 Å². The summed E-state index contributed by atoms with van der Waals surface area (Å²) < 4.78 is 2.15. The number of hydrogen-bond acceptors (Lipinski definition) is 2. The predicted octanol–water partition coefficient (Wildman–Crippen LogP) is 2.00. The lowest BCUT2D eigenvalue weighted by molar-refractivity contribution is -0.688. The van der Waals surface area contributed by atoms with Crippen LogP contribution in [0.5, 0.6) is 0 Å². The summed E-state index contributed by atoms with van der Waals surface area (Å²) in [5, 5.41) is 12.4. The van der Waals surface area contributed by atoms with E-state index in [2.05, 4.69) is 29.0 Å². The van der Waals surface area contributed by atoms with Gasteiger partial charge in [-0.1, -0.05) is 29.5 Å². The standard InChI is InChI=1S/C12H14NOS/c1-10-13(7-8-14)12(9-15-10)11-5-3-2-4-6-11/h2-6,9,14H,7-8H2,1H3/q+1. The maximum Gasteiger partial charge on any atom is 0.234 e. The Labute approximate surface area is 93.4 Å². The van der Waals surface area contributed by atoms with Crippen molar-refractivity contribution in [1.82, 2.24) is 0 Å². The van der Waals surface area contributed by atoms with E-state index >= 15 is 0 Å². The van der Waals surface area contributed by atoms with E-state index in [9.17, 15) is 0 Å². The summed E-state index contributed by atoms with van der Waals surface area (Å²) in [6.07, 6.45) is 0. The lowest BCUT2D eigenvalue weighted by Crippen LogP contribution is -2.38. The minimum Gasteiger partial charge on any atom is -0.390 e. The van der Waals surface area contributed by atoms with Crippen LogP contribution in [0.25, 0.3) is 11.3 Å². The molecule has 0 atom stereocenters. The van der Waals surface area contributed by atoms with Crippen molar-refractivity contribution in [3.8, 4) is 11.3 Å². The number of nitrogens with zero attached hydrogens (tertiary/aromatic N) is 1. The third-order valence-corrected chi connectivity index (χ3v) is 3.31. The predicted molar refractivity (Wildman–Crippen MR) is 61.8 cm³/mol. The van der Waals surface area contributed by atoms with Crippen molar-refractivity contribution in [2.75, 3.05) is 6.61 Å². The van der Waals surface area contributed by atoms with Gasteiger partial charge >= 0.3 is 0 Å². The first-order chi connectivity index (χ1) is 7.33. The highest BCUT2D eigenvalue weighted by Crippen LogP contribution is 2.19. The maximum atomic E-state index is 9.02. The topological polar surface area (TPSA) is 24.1 Å². The minimum absolute atomic E-state index is 0.183. The van der Waals surface area contributed by atoms with Crippen molar-refractivity contribution in [3.05, 3.63) is 40.7 Å². The van der Waals surface area contributed by atoms with E-state index in [0.29, 0.717) is 6.54 Å². The molecule has 0 aliphatic carbocycles. The number of hydrogen-bond donors (Lipinski definition) is 1. The lowest BCUT2D eigenvalue weighted by atomic mass is 10.2. The van der Waals surface area contributed by atoms with Crippen LogP contribution < -0.4 is 4.57 Å². The molecule has 0 aliphatic heterocycles. The van der Waals surface area contributed by atoms with Crippen molar-refractivity contribution >= 4 is 11.3 Å². The number of aromatic nitrogens is 1. The molecule has 1 heterocycles. The van der Waals surface area contributed by atoms with Crippen molar-refractivity contribution in [1.29, 1.82) is 0 Å². The summed E-state index contributed by atoms with van der Waals surface area (Å²) in [5.74, 6) is 0. The van der Waals surface area contributed by atoms with Crippen LogP contribution in [0.15, 0.2) is 35.7 Å². The second-order valence-corrected chi connectivity index (χ2v) is 4.44. The minimum atomic E-state index is 0.183. The molecule has 78 valence electrons. The van der Waals surface area contributed by atoms with Gasteiger partial charge in [0, 0.05) is 12.5 Å².